The van der Waals surface area contributed by atoms with Crippen molar-refractivity contribution >= 4 is 116 Å². The number of fused-ring (bicyclic) bond motifs is 16. The summed E-state index contributed by atoms with van der Waals surface area (Å²) in [5, 5.41) is -12.4. The maximum atomic E-state index is 17.0. The Kier molecular flexibility index (Phi) is 15.3. The SMILES string of the molecule is FC(F)(Cl)C(F)(F)C(F)(F)C(F)(F)c1c2nc(c(-c3ccccc3)c3ccc([nH]3)c(-c3c4nc(c(-c5ccccc5)c5ccc([nH]5)c(C(F)(F)C(F)(F)C(F)(F)C(F)(F)Cl)c5nc(c(-c6ccccc6)c6ccc3[nH]6)C=C5)C=C4)c3nc(c(-c4ccccc4)c4ccc1[nH]4)C=C3)C=C2. The van der Waals surface area contributed by atoms with Crippen molar-refractivity contribution in [3.8, 4) is 55.6 Å². The van der Waals surface area contributed by atoms with Gasteiger partial charge in [-0.05, 0) is 143 Å². The minimum absolute atomic E-state index is 0.0740. The van der Waals surface area contributed by atoms with E-state index >= 15 is 52.7 Å². The van der Waals surface area contributed by atoms with Gasteiger partial charge in [0.2, 0.25) is 0 Å². The number of aromatic amines is 4. The summed E-state index contributed by atoms with van der Waals surface area (Å²) < 4.78 is 251. The van der Waals surface area contributed by atoms with Crippen LogP contribution >= 0.6 is 23.2 Å². The van der Waals surface area contributed by atoms with Crippen LogP contribution in [0.15, 0.2) is 170 Å². The number of alkyl halides is 18. The Bertz CT molecular complexity index is 4970. The molecule has 0 spiro atoms. The summed E-state index contributed by atoms with van der Waals surface area (Å²) in [6.45, 7) is 0. The standard InChI is InChI=1S/C72H40Cl2F16N8/c73-71(87,88)69(83,84)67(79,80)65(75,76)63-53-33-29-45(95-53)57(37-13-5-1-6-14-37)41-21-25-49(91-41)61(50-26-22-42(92-50)58(38-15-7-2-8-16-38)46-30-34-54(63)96-46)62-51-27-23-43(93-51)59(39-17-9-3-10-18-39)47-31-35-55(97-47)64(66(77,78)68(81,82)70(85,86)72(74,89)90)56-36-32-48(98-56)60(40-19-11-4-12-20-40)44-24-28-52(62)94-44/h1-36,91,93,96,98H. The Hall–Kier alpha value is -10.5. The van der Waals surface area contributed by atoms with E-state index in [9.17, 15) is 17.6 Å². The first kappa shape index (κ1) is 64.9. The molecule has 98 heavy (non-hydrogen) atoms. The second-order valence-corrected chi connectivity index (χ2v) is 23.9. The summed E-state index contributed by atoms with van der Waals surface area (Å²) >= 11 is 9.00. The van der Waals surface area contributed by atoms with E-state index in [0.717, 1.165) is 36.4 Å². The molecule has 0 fully saturated rings. The van der Waals surface area contributed by atoms with Gasteiger partial charge in [0, 0.05) is 66.5 Å². The molecule has 0 saturated heterocycles. The Balaban J connectivity index is 1.16. The maximum absolute atomic E-state index is 17.0. The fourth-order valence-corrected chi connectivity index (χ4v) is 12.5. The van der Waals surface area contributed by atoms with E-state index < -0.39 is 79.8 Å². The zero-order chi connectivity index (χ0) is 69.3. The number of halogens is 18. The van der Waals surface area contributed by atoms with Gasteiger partial charge in [0.25, 0.3) is 0 Å². The number of nitrogens with zero attached hydrogens (tertiary/aromatic N) is 4. The van der Waals surface area contributed by atoms with Crippen molar-refractivity contribution in [1.82, 2.24) is 39.9 Å². The summed E-state index contributed by atoms with van der Waals surface area (Å²) in [7, 11) is 0. The lowest BCUT2D eigenvalue weighted by Crippen LogP contribution is -2.59. The number of hydrogen-bond acceptors (Lipinski definition) is 4. The van der Waals surface area contributed by atoms with E-state index in [1.807, 2.05) is 0 Å². The highest BCUT2D eigenvalue weighted by Gasteiger charge is 2.82. The third kappa shape index (κ3) is 10.3. The van der Waals surface area contributed by atoms with Crippen molar-refractivity contribution in [3.63, 3.8) is 0 Å². The van der Waals surface area contributed by atoms with E-state index in [1.54, 1.807) is 170 Å². The third-order valence-electron chi connectivity index (χ3n) is 16.9. The summed E-state index contributed by atoms with van der Waals surface area (Å²) in [6.07, 6.45) is 10.3. The quantitative estimate of drug-likeness (QED) is 0.0680. The molecule has 8 nitrogen and oxygen atoms in total. The topological polar surface area (TPSA) is 115 Å². The zero-order valence-electron chi connectivity index (χ0n) is 49.4. The highest BCUT2D eigenvalue weighted by Crippen LogP contribution is 2.60. The van der Waals surface area contributed by atoms with Crippen LogP contribution in [-0.2, 0) is 11.8 Å². The van der Waals surface area contributed by atoms with Gasteiger partial charge in [-0.1, -0.05) is 121 Å². The molecule has 6 aromatic heterocycles. The van der Waals surface area contributed by atoms with Crippen molar-refractivity contribution in [1.29, 1.82) is 0 Å². The molecule has 0 atom stereocenters. The Morgan fingerprint density at radius 1 is 0.224 bits per heavy atom. The minimum atomic E-state index is -6.89. The van der Waals surface area contributed by atoms with Gasteiger partial charge in [-0.25, -0.2) is 19.9 Å². The number of H-pyrrole nitrogens is 4. The smallest absolute Gasteiger partial charge is 0.354 e. The predicted molar refractivity (Wildman–Crippen MR) is 348 cm³/mol. The second kappa shape index (κ2) is 23.1. The monoisotopic (exact) mass is 1390 g/mol. The van der Waals surface area contributed by atoms with E-state index in [4.69, 9.17) is 9.97 Å². The summed E-state index contributed by atoms with van der Waals surface area (Å²) in [6, 6.07) is 42.7. The molecule has 0 aliphatic carbocycles. The molecule has 4 aromatic carbocycles. The normalized spacial score (nSPS) is 13.9. The molecule has 10 aromatic rings. The van der Waals surface area contributed by atoms with Gasteiger partial charge in [-0.3, -0.25) is 0 Å². The van der Waals surface area contributed by atoms with Crippen LogP contribution in [0, 0.1) is 0 Å². The van der Waals surface area contributed by atoms with Crippen molar-refractivity contribution in [3.05, 3.63) is 227 Å². The van der Waals surface area contributed by atoms with E-state index in [-0.39, 0.29) is 101 Å². The molecule has 4 N–H and O–H groups in total. The molecule has 26 heteroatoms. The van der Waals surface area contributed by atoms with Crippen LogP contribution < -0.4 is 0 Å². The molecular formula is C72H40Cl2F16N8. The van der Waals surface area contributed by atoms with Crippen molar-refractivity contribution in [2.75, 3.05) is 0 Å². The highest BCUT2D eigenvalue weighted by molar-refractivity contribution is 6.22. The highest BCUT2D eigenvalue weighted by atomic mass is 35.5. The second-order valence-electron chi connectivity index (χ2n) is 22.9. The molecule has 16 bridgehead atoms. The largest absolute Gasteiger partial charge is 0.393 e. The summed E-state index contributed by atoms with van der Waals surface area (Å²) in [5.74, 6) is -39.9. The van der Waals surface area contributed by atoms with E-state index in [2.05, 4.69) is 53.1 Å². The van der Waals surface area contributed by atoms with Gasteiger partial charge < -0.3 is 19.9 Å². The Morgan fingerprint density at radius 3 is 0.663 bits per heavy atom. The summed E-state index contributed by atoms with van der Waals surface area (Å²) in [5.41, 5.74) is -4.97. The number of aromatic nitrogens is 8. The first-order valence-electron chi connectivity index (χ1n) is 29.4. The average Bonchev–Trinajstić information content (AvgIpc) is 1.09. The molecule has 0 amide bonds. The van der Waals surface area contributed by atoms with E-state index in [1.165, 1.54) is 12.1 Å². The van der Waals surface area contributed by atoms with Crippen LogP contribution in [-0.4, -0.2) is 74.3 Å². The lowest BCUT2D eigenvalue weighted by atomic mass is 9.95. The van der Waals surface area contributed by atoms with Crippen LogP contribution in [0.25, 0.3) is 148 Å². The van der Waals surface area contributed by atoms with Crippen LogP contribution in [0.3, 0.4) is 0 Å². The number of benzene rings is 4. The van der Waals surface area contributed by atoms with Crippen LogP contribution in [0.5, 0.6) is 0 Å². The number of nitrogens with one attached hydrogen (secondary N) is 4. The van der Waals surface area contributed by atoms with Crippen molar-refractivity contribution in [2.24, 2.45) is 0 Å². The Labute approximate surface area is 552 Å². The fourth-order valence-electron chi connectivity index (χ4n) is 12.3. The van der Waals surface area contributed by atoms with Gasteiger partial charge in [0.05, 0.1) is 67.7 Å². The lowest BCUT2D eigenvalue weighted by molar-refractivity contribution is -0.352. The zero-order valence-corrected chi connectivity index (χ0v) is 50.9. The molecule has 0 unspecified atom stereocenters. The average molecular weight is 1390 g/mol. The minimum Gasteiger partial charge on any atom is -0.354 e. The van der Waals surface area contributed by atoms with Gasteiger partial charge in [-0.2, -0.15) is 70.2 Å². The molecule has 10 heterocycles. The number of rotatable bonds is 13. The molecule has 494 valence electrons. The van der Waals surface area contributed by atoms with Crippen LogP contribution in [0.4, 0.5) is 70.2 Å². The van der Waals surface area contributed by atoms with Crippen LogP contribution in [0.2, 0.25) is 0 Å². The molecule has 0 saturated carbocycles. The van der Waals surface area contributed by atoms with Gasteiger partial charge in [-0.15, -0.1) is 0 Å². The predicted octanol–water partition coefficient (Wildman–Crippen LogP) is 22.3. The molecule has 0 radical (unpaired) electrons. The Morgan fingerprint density at radius 2 is 0.418 bits per heavy atom. The number of hydrogen-bond donors (Lipinski definition) is 4. The summed E-state index contributed by atoms with van der Waals surface area (Å²) in [4.78, 5) is 31.5. The maximum Gasteiger partial charge on any atom is 0.393 e. The first-order chi connectivity index (χ1) is 46.4. The van der Waals surface area contributed by atoms with Gasteiger partial charge in [0.1, 0.15) is 0 Å². The molecular weight excluding hydrogens is 1350 g/mol. The first-order valence-corrected chi connectivity index (χ1v) is 30.1. The van der Waals surface area contributed by atoms with Crippen LogP contribution in [0.1, 0.15) is 56.7 Å². The van der Waals surface area contributed by atoms with Crippen molar-refractivity contribution in [2.45, 2.75) is 46.3 Å². The lowest BCUT2D eigenvalue weighted by Gasteiger charge is -2.34. The van der Waals surface area contributed by atoms with Crippen molar-refractivity contribution < 1.29 is 70.2 Å². The van der Waals surface area contributed by atoms with Gasteiger partial charge >= 0.3 is 46.3 Å². The fraction of sp³-hybridized carbons (Fsp3) is 0.111. The van der Waals surface area contributed by atoms with E-state index in [0.29, 0.717) is 22.3 Å². The third-order valence-corrected chi connectivity index (χ3v) is 17.4. The molecule has 4 aliphatic rings. The van der Waals surface area contributed by atoms with Gasteiger partial charge in [0.15, 0.2) is 0 Å². The molecule has 14 rings (SSSR count). The molecule has 4 aliphatic heterocycles.